The number of benzene rings is 3. The Hall–Kier alpha value is -3.91. The molecule has 0 unspecified atom stereocenters. The van der Waals surface area contributed by atoms with Crippen LogP contribution in [0, 0.1) is 0 Å². The number of hydrazone groups is 1. The molecule has 0 atom stereocenters. The van der Waals surface area contributed by atoms with Gasteiger partial charge < -0.3 is 14.4 Å². The monoisotopic (exact) mass is 469 g/mol. The van der Waals surface area contributed by atoms with Gasteiger partial charge in [-0.25, -0.2) is 5.43 Å². The molecule has 2 N–H and O–H groups in total. The second kappa shape index (κ2) is 9.70. The lowest BCUT2D eigenvalue weighted by Gasteiger charge is -2.08. The zero-order chi connectivity index (χ0) is 23.4. The first-order chi connectivity index (χ1) is 15.9. The Morgan fingerprint density at radius 1 is 1.15 bits per heavy atom. The predicted octanol–water partition coefficient (Wildman–Crippen LogP) is 5.41. The molecule has 3 aromatic carbocycles. The number of phenolic OH excluding ortho intramolecular Hbond substituents is 1. The summed E-state index contributed by atoms with van der Waals surface area (Å²) >= 11 is 5.84. The minimum atomic E-state index is -2.86. The molecule has 0 saturated heterocycles. The predicted molar refractivity (Wildman–Crippen MR) is 122 cm³/mol. The Morgan fingerprint density at radius 2 is 1.91 bits per heavy atom. The molecule has 33 heavy (non-hydrogen) atoms. The van der Waals surface area contributed by atoms with Crippen LogP contribution in [0.15, 0.2) is 78.0 Å². The molecular formula is C24H18ClF2N3O3. The van der Waals surface area contributed by atoms with Crippen LogP contribution in [0.2, 0.25) is 5.02 Å². The first-order valence-electron chi connectivity index (χ1n) is 9.84. The second-order valence-corrected chi connectivity index (χ2v) is 7.52. The fourth-order valence-corrected chi connectivity index (χ4v) is 3.54. The summed E-state index contributed by atoms with van der Waals surface area (Å²) in [5, 5.41) is 14.5. The number of para-hydroxylation sites is 1. The molecule has 1 aromatic heterocycles. The maximum atomic E-state index is 12.3. The average Bonchev–Trinajstić information content (AvgIpc) is 3.14. The number of nitrogens with one attached hydrogen (secondary N) is 1. The van der Waals surface area contributed by atoms with E-state index >= 15 is 0 Å². The van der Waals surface area contributed by atoms with Crippen LogP contribution in [-0.4, -0.2) is 28.4 Å². The summed E-state index contributed by atoms with van der Waals surface area (Å²) in [4.78, 5) is 12.3. The number of alkyl halides is 2. The number of carbonyl (C=O) groups is 1. The highest BCUT2D eigenvalue weighted by molar-refractivity contribution is 6.32. The van der Waals surface area contributed by atoms with Crippen molar-refractivity contribution in [2.45, 2.75) is 13.2 Å². The second-order valence-electron chi connectivity index (χ2n) is 7.12. The third-order valence-corrected chi connectivity index (χ3v) is 5.20. The van der Waals surface area contributed by atoms with E-state index in [2.05, 4.69) is 15.3 Å². The normalized spacial score (nSPS) is 11.4. The van der Waals surface area contributed by atoms with Gasteiger partial charge in [-0.3, -0.25) is 4.79 Å². The molecule has 0 fully saturated rings. The number of halogens is 3. The van der Waals surface area contributed by atoms with E-state index in [1.54, 1.807) is 18.3 Å². The first-order valence-corrected chi connectivity index (χ1v) is 10.2. The van der Waals surface area contributed by atoms with Crippen LogP contribution in [0.1, 0.15) is 21.5 Å². The standard InChI is InChI=1S/C24H18ClF2N3O3/c25-20-11-16(7-10-22(20)31)23(32)29-28-12-17-14-30(21-4-2-1-3-19(17)21)13-15-5-8-18(9-6-15)33-24(26)27/h1-12,14,24,31H,13H2,(H,29,32)/b28-12+. The van der Waals surface area contributed by atoms with Crippen molar-refractivity contribution in [1.82, 2.24) is 9.99 Å². The maximum Gasteiger partial charge on any atom is 0.387 e. The highest BCUT2D eigenvalue weighted by Crippen LogP contribution is 2.24. The highest BCUT2D eigenvalue weighted by atomic mass is 35.5. The third kappa shape index (κ3) is 5.30. The fourth-order valence-electron chi connectivity index (χ4n) is 3.35. The van der Waals surface area contributed by atoms with Crippen molar-refractivity contribution in [3.05, 3.63) is 94.6 Å². The number of amides is 1. The van der Waals surface area contributed by atoms with E-state index in [0.717, 1.165) is 22.0 Å². The van der Waals surface area contributed by atoms with Crippen LogP contribution >= 0.6 is 11.6 Å². The molecule has 0 aliphatic rings. The summed E-state index contributed by atoms with van der Waals surface area (Å²) in [5.74, 6) is -0.478. The Labute approximate surface area is 192 Å². The topological polar surface area (TPSA) is 75.9 Å². The largest absolute Gasteiger partial charge is 0.506 e. The van der Waals surface area contributed by atoms with Gasteiger partial charge in [0.25, 0.3) is 5.91 Å². The summed E-state index contributed by atoms with van der Waals surface area (Å²) in [6, 6.07) is 18.3. The SMILES string of the molecule is O=C(N/N=C/c1cn(Cc2ccc(OC(F)F)cc2)c2ccccc12)c1ccc(O)c(Cl)c1. The van der Waals surface area contributed by atoms with Crippen molar-refractivity contribution < 1.29 is 23.4 Å². The molecule has 0 spiro atoms. The van der Waals surface area contributed by atoms with Crippen LogP contribution in [0.25, 0.3) is 10.9 Å². The van der Waals surface area contributed by atoms with Gasteiger partial charge in [-0.1, -0.05) is 41.9 Å². The van der Waals surface area contributed by atoms with Gasteiger partial charge in [0.05, 0.1) is 11.2 Å². The smallest absolute Gasteiger partial charge is 0.387 e. The van der Waals surface area contributed by atoms with E-state index in [0.29, 0.717) is 6.54 Å². The van der Waals surface area contributed by atoms with E-state index in [9.17, 15) is 18.7 Å². The van der Waals surface area contributed by atoms with Gasteiger partial charge >= 0.3 is 6.61 Å². The number of hydrogen-bond donors (Lipinski definition) is 2. The van der Waals surface area contributed by atoms with Gasteiger partial charge in [0.1, 0.15) is 11.5 Å². The molecule has 0 aliphatic heterocycles. The fraction of sp³-hybridized carbons (Fsp3) is 0.0833. The van der Waals surface area contributed by atoms with Crippen LogP contribution < -0.4 is 10.2 Å². The van der Waals surface area contributed by atoms with Gasteiger partial charge in [0.2, 0.25) is 0 Å². The number of aromatic nitrogens is 1. The number of ether oxygens (including phenoxy) is 1. The van der Waals surface area contributed by atoms with Crippen LogP contribution in [-0.2, 0) is 6.54 Å². The Balaban J connectivity index is 1.52. The van der Waals surface area contributed by atoms with Crippen LogP contribution in [0.4, 0.5) is 8.78 Å². The van der Waals surface area contributed by atoms with E-state index in [1.165, 1.54) is 30.3 Å². The molecule has 168 valence electrons. The summed E-state index contributed by atoms with van der Waals surface area (Å²) in [5.41, 5.74) is 5.34. The molecule has 4 rings (SSSR count). The van der Waals surface area contributed by atoms with Crippen molar-refractivity contribution in [1.29, 1.82) is 0 Å². The Morgan fingerprint density at radius 3 is 2.64 bits per heavy atom. The van der Waals surface area contributed by atoms with Crippen molar-refractivity contribution in [3.8, 4) is 11.5 Å². The summed E-state index contributed by atoms with van der Waals surface area (Å²) in [6.45, 7) is -2.36. The van der Waals surface area contributed by atoms with Crippen LogP contribution in [0.5, 0.6) is 11.5 Å². The molecule has 0 saturated carbocycles. The zero-order valence-corrected chi connectivity index (χ0v) is 17.8. The van der Waals surface area contributed by atoms with E-state index < -0.39 is 12.5 Å². The maximum absolute atomic E-state index is 12.3. The van der Waals surface area contributed by atoms with Gasteiger partial charge in [0.15, 0.2) is 0 Å². The number of nitrogens with zero attached hydrogens (tertiary/aromatic N) is 2. The number of phenols is 1. The van der Waals surface area contributed by atoms with E-state index in [4.69, 9.17) is 11.6 Å². The molecular weight excluding hydrogens is 452 g/mol. The van der Waals surface area contributed by atoms with E-state index in [-0.39, 0.29) is 22.1 Å². The Bertz CT molecular complexity index is 1320. The molecule has 4 aromatic rings. The van der Waals surface area contributed by atoms with Crippen molar-refractivity contribution in [2.75, 3.05) is 0 Å². The summed E-state index contributed by atoms with van der Waals surface area (Å²) in [6.07, 6.45) is 3.43. The number of carbonyl (C=O) groups excluding carboxylic acids is 1. The Kier molecular flexibility index (Phi) is 6.55. The number of aromatic hydroxyl groups is 1. The van der Waals surface area contributed by atoms with Crippen molar-refractivity contribution >= 4 is 34.6 Å². The zero-order valence-electron chi connectivity index (χ0n) is 17.1. The lowest BCUT2D eigenvalue weighted by molar-refractivity contribution is -0.0498. The highest BCUT2D eigenvalue weighted by Gasteiger charge is 2.10. The first kappa shape index (κ1) is 22.3. The lowest BCUT2D eigenvalue weighted by Crippen LogP contribution is -2.17. The molecule has 0 aliphatic carbocycles. The van der Waals surface area contributed by atoms with Gasteiger partial charge in [0, 0.05) is 34.8 Å². The molecule has 1 amide bonds. The number of hydrogen-bond acceptors (Lipinski definition) is 4. The molecule has 0 bridgehead atoms. The third-order valence-electron chi connectivity index (χ3n) is 4.90. The summed E-state index contributed by atoms with van der Waals surface area (Å²) in [7, 11) is 0. The average molecular weight is 470 g/mol. The van der Waals surface area contributed by atoms with E-state index in [1.807, 2.05) is 35.0 Å². The van der Waals surface area contributed by atoms with Gasteiger partial charge in [-0.2, -0.15) is 13.9 Å². The van der Waals surface area contributed by atoms with Gasteiger partial charge in [-0.05, 0) is 42.0 Å². The lowest BCUT2D eigenvalue weighted by atomic mass is 10.2. The van der Waals surface area contributed by atoms with Crippen molar-refractivity contribution in [3.63, 3.8) is 0 Å². The molecule has 6 nitrogen and oxygen atoms in total. The van der Waals surface area contributed by atoms with Crippen LogP contribution in [0.3, 0.4) is 0 Å². The number of rotatable bonds is 7. The molecule has 9 heteroatoms. The summed E-state index contributed by atoms with van der Waals surface area (Å²) < 4.78 is 31.1. The minimum absolute atomic E-state index is 0.0727. The minimum Gasteiger partial charge on any atom is -0.506 e. The van der Waals surface area contributed by atoms with Crippen molar-refractivity contribution in [2.24, 2.45) is 5.10 Å². The quantitative estimate of drug-likeness (QED) is 0.280. The molecule has 1 heterocycles. The number of fused-ring (bicyclic) bond motifs is 1. The molecule has 0 radical (unpaired) electrons. The van der Waals surface area contributed by atoms with Gasteiger partial charge in [-0.15, -0.1) is 0 Å².